The first-order valence-electron chi connectivity index (χ1n) is 12.5. The van der Waals surface area contributed by atoms with Crippen LogP contribution >= 0.6 is 15.9 Å². The number of hydrogen-bond acceptors (Lipinski definition) is 4. The third kappa shape index (κ3) is 3.66. The molecule has 0 spiro atoms. The largest absolute Gasteiger partial charge is 0.508 e. The summed E-state index contributed by atoms with van der Waals surface area (Å²) in [5.74, 6) is -0.0169. The molecule has 2 aromatic carbocycles. The van der Waals surface area contributed by atoms with E-state index < -0.39 is 11.6 Å². The summed E-state index contributed by atoms with van der Waals surface area (Å²) in [6.45, 7) is 5.07. The Bertz CT molecular complexity index is 1400. The van der Waals surface area contributed by atoms with Gasteiger partial charge in [-0.1, -0.05) is 40.2 Å². The molecule has 2 N–H and O–H groups in total. The lowest BCUT2D eigenvalue weighted by Gasteiger charge is -2.42. The highest BCUT2D eigenvalue weighted by Crippen LogP contribution is 2.49. The summed E-state index contributed by atoms with van der Waals surface area (Å²) < 4.78 is 0.960. The molecule has 7 nitrogen and oxygen atoms in total. The molecule has 1 aromatic heterocycles. The molecular weight excluding hydrogens is 520 g/mol. The quantitative estimate of drug-likeness (QED) is 0.349. The minimum Gasteiger partial charge on any atom is -0.508 e. The molecule has 3 aliphatic rings. The van der Waals surface area contributed by atoms with Crippen molar-refractivity contribution in [3.63, 3.8) is 0 Å². The topological polar surface area (TPSA) is 79.9 Å². The van der Waals surface area contributed by atoms with E-state index in [1.165, 1.54) is 4.90 Å². The minimum atomic E-state index is -1.01. The molecule has 3 amide bonds. The Morgan fingerprint density at radius 1 is 1.14 bits per heavy atom. The average Bonchev–Trinajstić information content (AvgIpc) is 3.30. The van der Waals surface area contributed by atoms with Crippen molar-refractivity contribution in [3.8, 4) is 5.75 Å². The fourth-order valence-corrected chi connectivity index (χ4v) is 6.43. The first-order chi connectivity index (χ1) is 17.4. The first kappa shape index (κ1) is 23.3. The van der Waals surface area contributed by atoms with Gasteiger partial charge in [-0.25, -0.2) is 4.79 Å². The van der Waals surface area contributed by atoms with E-state index in [0.717, 1.165) is 64.7 Å². The Morgan fingerprint density at radius 2 is 2.00 bits per heavy atom. The fraction of sp³-hybridized carbons (Fsp3) is 0.357. The second kappa shape index (κ2) is 8.78. The summed E-state index contributed by atoms with van der Waals surface area (Å²) in [4.78, 5) is 36.9. The predicted octanol–water partition coefficient (Wildman–Crippen LogP) is 4.96. The molecule has 2 atom stereocenters. The zero-order chi connectivity index (χ0) is 25.0. The SMILES string of the molecule is CC12Cc3c([nH]c4ccc(Br)cc34)C(c3cccc(O)c3)N1C(=O)N(CCCN1CC=CCC1)C2=O. The van der Waals surface area contributed by atoms with Gasteiger partial charge in [-0.15, -0.1) is 0 Å². The molecule has 3 aliphatic heterocycles. The lowest BCUT2D eigenvalue weighted by Crippen LogP contribution is -2.53. The maximum atomic E-state index is 13.9. The molecule has 0 aliphatic carbocycles. The number of phenols is 1. The second-order valence-electron chi connectivity index (χ2n) is 10.2. The predicted molar refractivity (Wildman–Crippen MR) is 142 cm³/mol. The molecule has 6 rings (SSSR count). The first-order valence-corrected chi connectivity index (χ1v) is 13.3. The van der Waals surface area contributed by atoms with E-state index in [2.05, 4.69) is 44.0 Å². The highest BCUT2D eigenvalue weighted by atomic mass is 79.9. The number of aromatic nitrogens is 1. The van der Waals surface area contributed by atoms with Crippen LogP contribution in [0, 0.1) is 0 Å². The van der Waals surface area contributed by atoms with Gasteiger partial charge in [0.05, 0.1) is 0 Å². The Morgan fingerprint density at radius 3 is 2.78 bits per heavy atom. The van der Waals surface area contributed by atoms with E-state index in [-0.39, 0.29) is 17.7 Å². The Labute approximate surface area is 218 Å². The number of amides is 3. The van der Waals surface area contributed by atoms with Gasteiger partial charge in [-0.3, -0.25) is 19.5 Å². The third-order valence-corrected chi connectivity index (χ3v) is 8.31. The van der Waals surface area contributed by atoms with Crippen LogP contribution in [0.2, 0.25) is 0 Å². The standard InChI is InChI=1S/C28H29BrN4O3/c1-28-17-22-21-16-19(29)9-10-23(21)30-24(22)25(18-7-5-8-20(34)15-18)33(28)27(36)32(26(28)35)14-6-13-31-11-3-2-4-12-31/h2-3,5,7-10,15-16,25,30,34H,4,6,11-14,17H2,1H3. The van der Waals surface area contributed by atoms with E-state index >= 15 is 0 Å². The number of urea groups is 1. The summed E-state index contributed by atoms with van der Waals surface area (Å²) >= 11 is 3.58. The third-order valence-electron chi connectivity index (χ3n) is 7.81. The van der Waals surface area contributed by atoms with Crippen molar-refractivity contribution in [2.24, 2.45) is 0 Å². The molecular formula is C28H29BrN4O3. The molecule has 36 heavy (non-hydrogen) atoms. The maximum Gasteiger partial charge on any atom is 0.328 e. The van der Waals surface area contributed by atoms with Crippen LogP contribution in [0.4, 0.5) is 4.79 Å². The van der Waals surface area contributed by atoms with Gasteiger partial charge < -0.3 is 10.1 Å². The summed E-state index contributed by atoms with van der Waals surface area (Å²) in [5, 5.41) is 11.3. The molecule has 0 saturated carbocycles. The smallest absolute Gasteiger partial charge is 0.328 e. The lowest BCUT2D eigenvalue weighted by atomic mass is 9.81. The Kier molecular flexibility index (Phi) is 5.68. The molecule has 4 heterocycles. The number of halogens is 1. The van der Waals surface area contributed by atoms with Gasteiger partial charge in [-0.05, 0) is 61.2 Å². The molecule has 8 heteroatoms. The highest BCUT2D eigenvalue weighted by molar-refractivity contribution is 9.10. The summed E-state index contributed by atoms with van der Waals surface area (Å²) in [7, 11) is 0. The normalized spacial score (nSPS) is 24.0. The van der Waals surface area contributed by atoms with Crippen LogP contribution < -0.4 is 0 Å². The van der Waals surface area contributed by atoms with E-state index in [1.807, 2.05) is 25.1 Å². The Hall–Kier alpha value is -3.10. The monoisotopic (exact) mass is 548 g/mol. The lowest BCUT2D eigenvalue weighted by molar-refractivity contribution is -0.133. The van der Waals surface area contributed by atoms with Gasteiger partial charge in [0.15, 0.2) is 0 Å². The van der Waals surface area contributed by atoms with Crippen molar-refractivity contribution >= 4 is 38.8 Å². The van der Waals surface area contributed by atoms with E-state index in [4.69, 9.17) is 0 Å². The van der Waals surface area contributed by atoms with Crippen LogP contribution in [0.1, 0.15) is 42.6 Å². The number of carbonyl (C=O) groups is 2. The van der Waals surface area contributed by atoms with Crippen LogP contribution in [-0.2, 0) is 11.2 Å². The average molecular weight is 549 g/mol. The number of hydrogen-bond donors (Lipinski definition) is 2. The number of aromatic hydroxyl groups is 1. The second-order valence-corrected chi connectivity index (χ2v) is 11.1. The number of H-pyrrole nitrogens is 1. The van der Waals surface area contributed by atoms with E-state index in [0.29, 0.717) is 13.0 Å². The van der Waals surface area contributed by atoms with E-state index in [1.54, 1.807) is 23.1 Å². The van der Waals surface area contributed by atoms with Gasteiger partial charge in [0, 0.05) is 53.7 Å². The van der Waals surface area contributed by atoms with Gasteiger partial charge in [-0.2, -0.15) is 0 Å². The van der Waals surface area contributed by atoms with Crippen molar-refractivity contribution in [2.45, 2.75) is 37.8 Å². The van der Waals surface area contributed by atoms with Crippen LogP contribution in [0.5, 0.6) is 5.75 Å². The minimum absolute atomic E-state index is 0.130. The number of phenolic OH excluding ortho intramolecular Hbond substituents is 1. The molecule has 186 valence electrons. The number of aromatic amines is 1. The van der Waals surface area contributed by atoms with Crippen LogP contribution in [-0.4, -0.2) is 68.4 Å². The zero-order valence-electron chi connectivity index (χ0n) is 20.2. The van der Waals surface area contributed by atoms with Crippen LogP contribution in [0.25, 0.3) is 10.9 Å². The van der Waals surface area contributed by atoms with Gasteiger partial charge in [0.2, 0.25) is 0 Å². The number of fused-ring (bicyclic) bond motifs is 4. The molecule has 0 radical (unpaired) electrons. The van der Waals surface area contributed by atoms with Crippen LogP contribution in [0.15, 0.2) is 59.1 Å². The Balaban J connectivity index is 1.39. The number of carbonyl (C=O) groups excluding carboxylic acids is 2. The number of benzene rings is 2. The van der Waals surface area contributed by atoms with Crippen molar-refractivity contribution in [3.05, 3.63) is 75.9 Å². The molecule has 1 saturated heterocycles. The number of nitrogens with zero attached hydrogens (tertiary/aromatic N) is 3. The molecule has 1 fully saturated rings. The fourth-order valence-electron chi connectivity index (χ4n) is 6.07. The van der Waals surface area contributed by atoms with Crippen molar-refractivity contribution in [1.29, 1.82) is 0 Å². The molecule has 2 unspecified atom stereocenters. The molecule has 3 aromatic rings. The van der Waals surface area contributed by atoms with Crippen molar-refractivity contribution in [2.75, 3.05) is 26.2 Å². The van der Waals surface area contributed by atoms with E-state index in [9.17, 15) is 14.7 Å². The maximum absolute atomic E-state index is 13.9. The summed E-state index contributed by atoms with van der Waals surface area (Å²) in [5.41, 5.74) is 2.67. The van der Waals surface area contributed by atoms with Gasteiger partial charge >= 0.3 is 6.03 Å². The molecule has 0 bridgehead atoms. The number of imide groups is 1. The van der Waals surface area contributed by atoms with Crippen LogP contribution in [0.3, 0.4) is 0 Å². The highest BCUT2D eigenvalue weighted by Gasteiger charge is 2.60. The van der Waals surface area contributed by atoms with Crippen molar-refractivity contribution in [1.82, 2.24) is 19.7 Å². The summed E-state index contributed by atoms with van der Waals surface area (Å²) in [6, 6.07) is 12.3. The van der Waals surface area contributed by atoms with Crippen molar-refractivity contribution < 1.29 is 14.7 Å². The zero-order valence-corrected chi connectivity index (χ0v) is 21.8. The summed E-state index contributed by atoms with van der Waals surface area (Å²) in [6.07, 6.45) is 6.59. The number of rotatable bonds is 5. The van der Waals surface area contributed by atoms with Gasteiger partial charge in [0.25, 0.3) is 5.91 Å². The van der Waals surface area contributed by atoms with Gasteiger partial charge in [0.1, 0.15) is 17.3 Å². The number of nitrogens with one attached hydrogen (secondary N) is 1.